The van der Waals surface area contributed by atoms with Crippen LogP contribution in [0, 0.1) is 6.92 Å². The summed E-state index contributed by atoms with van der Waals surface area (Å²) in [5.74, 6) is 0.918. The van der Waals surface area contributed by atoms with Crippen molar-refractivity contribution >= 4 is 22.4 Å². The standard InChI is InChI=1S/C17H15N7O2S/c1-10-2-4-11(5-3-10)12-8-27-17(20-12)21-13(25)6-7-14-22-16(24-26-14)15-18-9-19-23-15/h2-5,8-9H,6-7H2,1H3,(H,18,19,23)(H,20,21,25). The van der Waals surface area contributed by atoms with E-state index >= 15 is 0 Å². The van der Waals surface area contributed by atoms with E-state index in [9.17, 15) is 4.79 Å². The number of amides is 1. The van der Waals surface area contributed by atoms with Crippen molar-refractivity contribution in [2.24, 2.45) is 0 Å². The van der Waals surface area contributed by atoms with E-state index in [4.69, 9.17) is 4.52 Å². The number of hydrogen-bond acceptors (Lipinski definition) is 8. The molecule has 9 nitrogen and oxygen atoms in total. The number of carbonyl (C=O) groups excluding carboxylic acids is 1. The molecule has 27 heavy (non-hydrogen) atoms. The molecule has 0 atom stereocenters. The second kappa shape index (κ2) is 7.46. The van der Waals surface area contributed by atoms with Crippen molar-refractivity contribution in [2.75, 3.05) is 5.32 Å². The smallest absolute Gasteiger partial charge is 0.239 e. The Hall–Kier alpha value is -3.40. The zero-order valence-corrected chi connectivity index (χ0v) is 15.2. The minimum atomic E-state index is -0.167. The Bertz CT molecular complexity index is 1040. The first-order valence-electron chi connectivity index (χ1n) is 8.18. The Labute approximate surface area is 157 Å². The van der Waals surface area contributed by atoms with Gasteiger partial charge < -0.3 is 9.84 Å². The van der Waals surface area contributed by atoms with Crippen LogP contribution in [-0.4, -0.2) is 36.2 Å². The number of aryl methyl sites for hydroxylation is 2. The number of thiazole rings is 1. The van der Waals surface area contributed by atoms with Gasteiger partial charge in [0, 0.05) is 23.8 Å². The molecule has 0 saturated carbocycles. The lowest BCUT2D eigenvalue weighted by Gasteiger charge is -2.00. The van der Waals surface area contributed by atoms with E-state index in [0.717, 1.165) is 11.3 Å². The fraction of sp³-hybridized carbons (Fsp3) is 0.176. The number of hydrogen-bond donors (Lipinski definition) is 2. The number of anilines is 1. The first-order valence-corrected chi connectivity index (χ1v) is 9.06. The highest BCUT2D eigenvalue weighted by Crippen LogP contribution is 2.25. The lowest BCUT2D eigenvalue weighted by molar-refractivity contribution is -0.116. The monoisotopic (exact) mass is 381 g/mol. The number of benzene rings is 1. The molecular weight excluding hydrogens is 366 g/mol. The number of carbonyl (C=O) groups is 1. The van der Waals surface area contributed by atoms with Gasteiger partial charge in [0.1, 0.15) is 6.33 Å². The summed E-state index contributed by atoms with van der Waals surface area (Å²) in [6.07, 6.45) is 1.89. The van der Waals surface area contributed by atoms with Gasteiger partial charge in [-0.05, 0) is 6.92 Å². The average Bonchev–Trinajstić information content (AvgIpc) is 3.42. The number of H-pyrrole nitrogens is 1. The van der Waals surface area contributed by atoms with Crippen LogP contribution >= 0.6 is 11.3 Å². The van der Waals surface area contributed by atoms with Gasteiger partial charge in [0.2, 0.25) is 17.6 Å². The Balaban J connectivity index is 1.33. The molecule has 4 aromatic rings. The van der Waals surface area contributed by atoms with Gasteiger partial charge in [0.15, 0.2) is 11.0 Å². The Morgan fingerprint density at radius 1 is 1.26 bits per heavy atom. The lowest BCUT2D eigenvalue weighted by atomic mass is 10.1. The van der Waals surface area contributed by atoms with Crippen LogP contribution in [0.3, 0.4) is 0 Å². The van der Waals surface area contributed by atoms with E-state index < -0.39 is 0 Å². The molecule has 0 spiro atoms. The quantitative estimate of drug-likeness (QED) is 0.526. The SMILES string of the molecule is Cc1ccc(-c2csc(NC(=O)CCc3nc(-c4ncn[nH]4)no3)n2)cc1. The predicted octanol–water partition coefficient (Wildman–Crippen LogP) is 2.86. The summed E-state index contributed by atoms with van der Waals surface area (Å²) in [6, 6.07) is 8.09. The van der Waals surface area contributed by atoms with Gasteiger partial charge >= 0.3 is 0 Å². The van der Waals surface area contributed by atoms with Crippen LogP contribution in [0.1, 0.15) is 17.9 Å². The third-order valence-electron chi connectivity index (χ3n) is 3.76. The highest BCUT2D eigenvalue weighted by Gasteiger charge is 2.13. The second-order valence-electron chi connectivity index (χ2n) is 5.80. The van der Waals surface area contributed by atoms with Crippen molar-refractivity contribution in [1.82, 2.24) is 30.3 Å². The van der Waals surface area contributed by atoms with Crippen molar-refractivity contribution in [3.8, 4) is 22.9 Å². The second-order valence-corrected chi connectivity index (χ2v) is 6.66. The van der Waals surface area contributed by atoms with Gasteiger partial charge in [0.05, 0.1) is 5.69 Å². The first kappa shape index (κ1) is 17.0. The van der Waals surface area contributed by atoms with E-state index in [1.807, 2.05) is 36.6 Å². The predicted molar refractivity (Wildman–Crippen MR) is 98.9 cm³/mol. The van der Waals surface area contributed by atoms with Gasteiger partial charge in [-0.3, -0.25) is 9.89 Å². The average molecular weight is 381 g/mol. The van der Waals surface area contributed by atoms with E-state index in [-0.39, 0.29) is 12.3 Å². The molecule has 2 N–H and O–H groups in total. The van der Waals surface area contributed by atoms with Crippen molar-refractivity contribution < 1.29 is 9.32 Å². The van der Waals surface area contributed by atoms with Crippen LogP contribution in [0.5, 0.6) is 0 Å². The molecule has 0 bridgehead atoms. The lowest BCUT2D eigenvalue weighted by Crippen LogP contribution is -2.12. The summed E-state index contributed by atoms with van der Waals surface area (Å²) in [7, 11) is 0. The summed E-state index contributed by atoms with van der Waals surface area (Å²) < 4.78 is 5.12. The third-order valence-corrected chi connectivity index (χ3v) is 4.52. The number of aromatic amines is 1. The maximum atomic E-state index is 12.1. The summed E-state index contributed by atoms with van der Waals surface area (Å²) in [4.78, 5) is 24.7. The number of nitrogens with zero attached hydrogens (tertiary/aromatic N) is 5. The van der Waals surface area contributed by atoms with Crippen LogP contribution in [0.4, 0.5) is 5.13 Å². The highest BCUT2D eigenvalue weighted by molar-refractivity contribution is 7.14. The maximum Gasteiger partial charge on any atom is 0.239 e. The molecule has 3 heterocycles. The van der Waals surface area contributed by atoms with Gasteiger partial charge in [-0.25, -0.2) is 9.97 Å². The molecule has 3 aromatic heterocycles. The van der Waals surface area contributed by atoms with Crippen LogP contribution in [0.25, 0.3) is 22.9 Å². The zero-order chi connectivity index (χ0) is 18.6. The molecule has 136 valence electrons. The Morgan fingerprint density at radius 3 is 2.89 bits per heavy atom. The van der Waals surface area contributed by atoms with Gasteiger partial charge in [-0.2, -0.15) is 10.1 Å². The van der Waals surface area contributed by atoms with Crippen LogP contribution < -0.4 is 5.32 Å². The van der Waals surface area contributed by atoms with E-state index in [2.05, 4.69) is 35.6 Å². The molecule has 0 radical (unpaired) electrons. The number of nitrogens with one attached hydrogen (secondary N) is 2. The minimum Gasteiger partial charge on any atom is -0.339 e. The van der Waals surface area contributed by atoms with Crippen molar-refractivity contribution in [3.05, 3.63) is 47.4 Å². The largest absolute Gasteiger partial charge is 0.339 e. The Morgan fingerprint density at radius 2 is 2.11 bits per heavy atom. The molecule has 0 aliphatic heterocycles. The third kappa shape index (κ3) is 4.06. The Kier molecular flexibility index (Phi) is 4.71. The van der Waals surface area contributed by atoms with Crippen LogP contribution in [0.2, 0.25) is 0 Å². The zero-order valence-electron chi connectivity index (χ0n) is 14.3. The van der Waals surface area contributed by atoms with Gasteiger partial charge in [-0.15, -0.1) is 11.3 Å². The molecule has 10 heteroatoms. The van der Waals surface area contributed by atoms with Crippen molar-refractivity contribution in [2.45, 2.75) is 19.8 Å². The van der Waals surface area contributed by atoms with Gasteiger partial charge in [0.25, 0.3) is 0 Å². The number of aromatic nitrogens is 6. The van der Waals surface area contributed by atoms with E-state index in [1.54, 1.807) is 0 Å². The summed E-state index contributed by atoms with van der Waals surface area (Å²) in [6.45, 7) is 2.04. The molecule has 4 rings (SSSR count). The van der Waals surface area contributed by atoms with Gasteiger partial charge in [-0.1, -0.05) is 35.0 Å². The van der Waals surface area contributed by atoms with E-state index in [0.29, 0.717) is 29.1 Å². The maximum absolute atomic E-state index is 12.1. The van der Waals surface area contributed by atoms with Crippen LogP contribution in [-0.2, 0) is 11.2 Å². The molecule has 0 saturated heterocycles. The van der Waals surface area contributed by atoms with E-state index in [1.165, 1.54) is 23.2 Å². The molecule has 0 aliphatic carbocycles. The van der Waals surface area contributed by atoms with Crippen molar-refractivity contribution in [1.29, 1.82) is 0 Å². The highest BCUT2D eigenvalue weighted by atomic mass is 32.1. The fourth-order valence-corrected chi connectivity index (χ4v) is 3.09. The van der Waals surface area contributed by atoms with Crippen molar-refractivity contribution in [3.63, 3.8) is 0 Å². The molecule has 0 aliphatic rings. The molecule has 1 aromatic carbocycles. The minimum absolute atomic E-state index is 0.167. The first-order chi connectivity index (χ1) is 13.2. The van der Waals surface area contributed by atoms with Crippen LogP contribution in [0.15, 0.2) is 40.5 Å². The number of rotatable bonds is 6. The topological polar surface area (TPSA) is 122 Å². The summed E-state index contributed by atoms with van der Waals surface area (Å²) in [5, 5.41) is 15.5. The fourth-order valence-electron chi connectivity index (χ4n) is 2.36. The summed E-state index contributed by atoms with van der Waals surface area (Å²) in [5.41, 5.74) is 3.04. The summed E-state index contributed by atoms with van der Waals surface area (Å²) >= 11 is 1.39. The molecule has 0 unspecified atom stereocenters. The normalized spacial score (nSPS) is 10.9. The molecule has 0 fully saturated rings. The molecular formula is C17H15N7O2S. The molecule has 1 amide bonds.